The first-order chi connectivity index (χ1) is 11.7. The average Bonchev–Trinajstić information content (AvgIpc) is 2.61. The third-order valence-corrected chi connectivity index (χ3v) is 3.78. The summed E-state index contributed by atoms with van der Waals surface area (Å²) in [6, 6.07) is 12.9. The van der Waals surface area contributed by atoms with E-state index in [0.717, 1.165) is 16.6 Å². The molecule has 1 aromatic heterocycles. The number of nitrogens with zero attached hydrogens (tertiary/aromatic N) is 2. The molecular weight excluding hydrogens is 328 g/mol. The fourth-order valence-corrected chi connectivity index (χ4v) is 2.38. The summed E-state index contributed by atoms with van der Waals surface area (Å²) in [7, 11) is 0. The van der Waals surface area contributed by atoms with Crippen molar-refractivity contribution in [2.24, 2.45) is 0 Å². The van der Waals surface area contributed by atoms with E-state index < -0.39 is 6.10 Å². The van der Waals surface area contributed by atoms with Gasteiger partial charge in [-0.3, -0.25) is 9.97 Å². The molecule has 1 N–H and O–H groups in total. The summed E-state index contributed by atoms with van der Waals surface area (Å²) < 4.78 is 11.1. The first-order valence-electron chi connectivity index (χ1n) is 7.55. The Balaban J connectivity index is 1.46. The summed E-state index contributed by atoms with van der Waals surface area (Å²) in [5.74, 6) is 0.633. The molecule has 0 fully saturated rings. The summed E-state index contributed by atoms with van der Waals surface area (Å²) >= 11 is 6.05. The molecule has 0 spiro atoms. The smallest absolute Gasteiger partial charge is 0.121 e. The van der Waals surface area contributed by atoms with Crippen molar-refractivity contribution in [1.82, 2.24) is 9.97 Å². The second kappa shape index (κ2) is 8.06. The van der Waals surface area contributed by atoms with Crippen molar-refractivity contribution in [3.8, 4) is 5.75 Å². The Hall–Kier alpha value is -2.21. The number of aromatic nitrogens is 2. The Labute approximate surface area is 144 Å². The fourth-order valence-electron chi connectivity index (χ4n) is 2.19. The van der Waals surface area contributed by atoms with Crippen molar-refractivity contribution in [2.75, 3.05) is 13.2 Å². The Morgan fingerprint density at radius 1 is 1.00 bits per heavy atom. The van der Waals surface area contributed by atoms with Crippen LogP contribution in [0.15, 0.2) is 54.9 Å². The van der Waals surface area contributed by atoms with Gasteiger partial charge in [-0.05, 0) is 23.8 Å². The first kappa shape index (κ1) is 16.6. The largest absolute Gasteiger partial charge is 0.491 e. The second-order valence-corrected chi connectivity index (χ2v) is 5.69. The average molecular weight is 345 g/mol. The molecule has 124 valence electrons. The first-order valence-corrected chi connectivity index (χ1v) is 7.93. The van der Waals surface area contributed by atoms with Crippen LogP contribution in [0.1, 0.15) is 5.56 Å². The standard InChI is InChI=1S/C18H17ClN2O3/c19-16-4-2-1-3-13(16)10-23-11-14(22)12-24-15-5-6-17-18(9-15)21-8-7-20-17/h1-9,14,22H,10-12H2. The van der Waals surface area contributed by atoms with Crippen LogP contribution in [0.2, 0.25) is 5.02 Å². The summed E-state index contributed by atoms with van der Waals surface area (Å²) in [5.41, 5.74) is 2.44. The van der Waals surface area contributed by atoms with Crippen LogP contribution in [0.4, 0.5) is 0 Å². The molecule has 0 amide bonds. The molecule has 0 bridgehead atoms. The molecule has 1 heterocycles. The van der Waals surface area contributed by atoms with E-state index in [0.29, 0.717) is 17.4 Å². The molecule has 0 saturated heterocycles. The summed E-state index contributed by atoms with van der Waals surface area (Å²) in [6.07, 6.45) is 2.54. The molecule has 0 radical (unpaired) electrons. The maximum atomic E-state index is 9.96. The van der Waals surface area contributed by atoms with Gasteiger partial charge in [0.15, 0.2) is 0 Å². The quantitative estimate of drug-likeness (QED) is 0.712. The number of aliphatic hydroxyl groups is 1. The molecule has 3 aromatic rings. The molecule has 24 heavy (non-hydrogen) atoms. The van der Waals surface area contributed by atoms with Gasteiger partial charge >= 0.3 is 0 Å². The van der Waals surface area contributed by atoms with Gasteiger partial charge in [0.1, 0.15) is 18.5 Å². The maximum Gasteiger partial charge on any atom is 0.121 e. The lowest BCUT2D eigenvalue weighted by Crippen LogP contribution is -2.23. The summed E-state index contributed by atoms with van der Waals surface area (Å²) in [6.45, 7) is 0.648. The van der Waals surface area contributed by atoms with Crippen molar-refractivity contribution < 1.29 is 14.6 Å². The summed E-state index contributed by atoms with van der Waals surface area (Å²) in [4.78, 5) is 8.41. The molecule has 2 aromatic carbocycles. The molecule has 0 aliphatic carbocycles. The van der Waals surface area contributed by atoms with Crippen LogP contribution < -0.4 is 4.74 Å². The van der Waals surface area contributed by atoms with E-state index in [-0.39, 0.29) is 13.2 Å². The number of rotatable bonds is 7. The van der Waals surface area contributed by atoms with Gasteiger partial charge in [-0.2, -0.15) is 0 Å². The van der Waals surface area contributed by atoms with Crippen LogP contribution >= 0.6 is 11.6 Å². The minimum atomic E-state index is -0.731. The van der Waals surface area contributed by atoms with Gasteiger partial charge in [-0.15, -0.1) is 0 Å². The molecule has 1 atom stereocenters. The monoisotopic (exact) mass is 344 g/mol. The Morgan fingerprint density at radius 3 is 2.62 bits per heavy atom. The Bertz CT molecular complexity index is 813. The molecule has 0 aliphatic rings. The van der Waals surface area contributed by atoms with E-state index >= 15 is 0 Å². The number of halogens is 1. The third-order valence-electron chi connectivity index (χ3n) is 3.41. The van der Waals surface area contributed by atoms with Crippen LogP contribution in [0.3, 0.4) is 0 Å². The van der Waals surface area contributed by atoms with Crippen LogP contribution in [0.25, 0.3) is 11.0 Å². The summed E-state index contributed by atoms with van der Waals surface area (Å²) in [5, 5.41) is 10.6. The van der Waals surface area contributed by atoms with Crippen LogP contribution in [-0.4, -0.2) is 34.4 Å². The molecule has 1 unspecified atom stereocenters. The zero-order valence-electron chi connectivity index (χ0n) is 12.9. The number of benzene rings is 2. The minimum absolute atomic E-state index is 0.133. The van der Waals surface area contributed by atoms with Gasteiger partial charge in [-0.25, -0.2) is 0 Å². The topological polar surface area (TPSA) is 64.5 Å². The normalized spacial score (nSPS) is 12.2. The number of fused-ring (bicyclic) bond motifs is 1. The highest BCUT2D eigenvalue weighted by molar-refractivity contribution is 6.31. The second-order valence-electron chi connectivity index (χ2n) is 5.28. The number of ether oxygens (including phenoxy) is 2. The van der Waals surface area contributed by atoms with E-state index in [2.05, 4.69) is 9.97 Å². The van der Waals surface area contributed by atoms with Crippen molar-refractivity contribution >= 4 is 22.6 Å². The minimum Gasteiger partial charge on any atom is -0.491 e. The van der Waals surface area contributed by atoms with Gasteiger partial charge in [0.05, 0.1) is 24.2 Å². The lowest BCUT2D eigenvalue weighted by Gasteiger charge is -2.13. The molecule has 5 nitrogen and oxygen atoms in total. The van der Waals surface area contributed by atoms with Gasteiger partial charge in [0.2, 0.25) is 0 Å². The Kier molecular flexibility index (Phi) is 5.59. The highest BCUT2D eigenvalue weighted by Gasteiger charge is 2.08. The zero-order valence-corrected chi connectivity index (χ0v) is 13.7. The fraction of sp³-hybridized carbons (Fsp3) is 0.222. The third kappa shape index (κ3) is 4.41. The van der Waals surface area contributed by atoms with Gasteiger partial charge in [0.25, 0.3) is 0 Å². The molecule has 3 rings (SSSR count). The molecule has 6 heteroatoms. The molecular formula is C18H17ClN2O3. The van der Waals surface area contributed by atoms with Crippen LogP contribution in [-0.2, 0) is 11.3 Å². The lowest BCUT2D eigenvalue weighted by atomic mass is 10.2. The van der Waals surface area contributed by atoms with E-state index in [9.17, 15) is 5.11 Å². The van der Waals surface area contributed by atoms with Crippen LogP contribution in [0, 0.1) is 0 Å². The van der Waals surface area contributed by atoms with E-state index in [4.69, 9.17) is 21.1 Å². The van der Waals surface area contributed by atoms with Crippen molar-refractivity contribution in [2.45, 2.75) is 12.7 Å². The Morgan fingerprint density at radius 2 is 1.79 bits per heavy atom. The predicted octanol–water partition coefficient (Wildman–Crippen LogP) is 3.24. The van der Waals surface area contributed by atoms with Crippen molar-refractivity contribution in [3.63, 3.8) is 0 Å². The van der Waals surface area contributed by atoms with Crippen molar-refractivity contribution in [1.29, 1.82) is 0 Å². The van der Waals surface area contributed by atoms with Crippen molar-refractivity contribution in [3.05, 3.63) is 65.4 Å². The van der Waals surface area contributed by atoms with Gasteiger partial charge in [-0.1, -0.05) is 29.8 Å². The van der Waals surface area contributed by atoms with E-state index in [1.165, 1.54) is 0 Å². The molecule has 0 aliphatic heterocycles. The highest BCUT2D eigenvalue weighted by Crippen LogP contribution is 2.18. The van der Waals surface area contributed by atoms with E-state index in [1.54, 1.807) is 24.5 Å². The predicted molar refractivity (Wildman–Crippen MR) is 92.1 cm³/mol. The highest BCUT2D eigenvalue weighted by atomic mass is 35.5. The van der Waals surface area contributed by atoms with E-state index in [1.807, 2.05) is 30.3 Å². The number of hydrogen-bond acceptors (Lipinski definition) is 5. The van der Waals surface area contributed by atoms with Gasteiger partial charge < -0.3 is 14.6 Å². The van der Waals surface area contributed by atoms with Crippen LogP contribution in [0.5, 0.6) is 5.75 Å². The lowest BCUT2D eigenvalue weighted by molar-refractivity contribution is 0.00553. The molecule has 0 saturated carbocycles. The van der Waals surface area contributed by atoms with Gasteiger partial charge in [0, 0.05) is 23.5 Å². The SMILES string of the molecule is OC(COCc1ccccc1Cl)COc1ccc2nccnc2c1. The number of hydrogen-bond donors (Lipinski definition) is 1. The number of aliphatic hydroxyl groups excluding tert-OH is 1. The maximum absolute atomic E-state index is 9.96. The zero-order chi connectivity index (χ0) is 16.8.